The van der Waals surface area contributed by atoms with E-state index in [4.69, 9.17) is 0 Å². The first-order valence-electron chi connectivity index (χ1n) is 9.79. The summed E-state index contributed by atoms with van der Waals surface area (Å²) in [6.07, 6.45) is 11.6. The van der Waals surface area contributed by atoms with Gasteiger partial charge in [0.25, 0.3) is 0 Å². The van der Waals surface area contributed by atoms with Crippen molar-refractivity contribution >= 4 is 5.96 Å². The smallest absolute Gasteiger partial charge is 0.274 e. The molecule has 0 amide bonds. The Hall–Kier alpha value is -0.730. The average molecular weight is 307 g/mol. The van der Waals surface area contributed by atoms with Crippen molar-refractivity contribution in [2.24, 2.45) is 11.8 Å². The van der Waals surface area contributed by atoms with Crippen LogP contribution < -0.4 is 5.32 Å². The Bertz CT molecular complexity index is 395. The molecule has 3 nitrogen and oxygen atoms in total. The second-order valence-electron chi connectivity index (χ2n) is 8.33. The first kappa shape index (κ1) is 16.1. The van der Waals surface area contributed by atoms with E-state index in [9.17, 15) is 0 Å². The summed E-state index contributed by atoms with van der Waals surface area (Å²) in [6.45, 7) is 10.7. The van der Waals surface area contributed by atoms with E-state index in [1.807, 2.05) is 0 Å². The van der Waals surface area contributed by atoms with E-state index in [-0.39, 0.29) is 0 Å². The van der Waals surface area contributed by atoms with Crippen molar-refractivity contribution in [2.45, 2.75) is 84.2 Å². The lowest BCUT2D eigenvalue weighted by molar-refractivity contribution is -0.559. The number of nitrogens with zero attached hydrogens (tertiary/aromatic N) is 2. The molecule has 0 spiro atoms. The van der Waals surface area contributed by atoms with Gasteiger partial charge in [0, 0.05) is 0 Å². The maximum absolute atomic E-state index is 3.68. The van der Waals surface area contributed by atoms with Crippen molar-refractivity contribution in [1.82, 2.24) is 10.2 Å². The van der Waals surface area contributed by atoms with Gasteiger partial charge in [-0.1, -0.05) is 46.0 Å². The summed E-state index contributed by atoms with van der Waals surface area (Å²) in [5.41, 5.74) is 0. The van der Waals surface area contributed by atoms with Crippen LogP contribution in [0.3, 0.4) is 0 Å². The quantitative estimate of drug-likeness (QED) is 0.758. The number of nitrogens with one attached hydrogen (secondary N) is 1. The monoisotopic (exact) mass is 306 g/mol. The molecular weight excluding hydrogens is 270 g/mol. The molecule has 1 saturated heterocycles. The molecule has 1 saturated carbocycles. The van der Waals surface area contributed by atoms with Crippen molar-refractivity contribution in [3.05, 3.63) is 0 Å². The molecule has 0 unspecified atom stereocenters. The molecule has 2 fully saturated rings. The van der Waals surface area contributed by atoms with Crippen molar-refractivity contribution in [1.29, 1.82) is 0 Å². The van der Waals surface area contributed by atoms with Gasteiger partial charge in [0.1, 0.15) is 18.6 Å². The van der Waals surface area contributed by atoms with Gasteiger partial charge in [-0.2, -0.15) is 0 Å². The predicted octanol–water partition coefficient (Wildman–Crippen LogP) is 3.44. The summed E-state index contributed by atoms with van der Waals surface area (Å²) in [5, 5.41) is 3.68. The summed E-state index contributed by atoms with van der Waals surface area (Å²) >= 11 is 0. The van der Waals surface area contributed by atoms with Crippen molar-refractivity contribution in [3.63, 3.8) is 0 Å². The second kappa shape index (κ2) is 7.23. The molecule has 2 atom stereocenters. The summed E-state index contributed by atoms with van der Waals surface area (Å²) in [7, 11) is 0. The molecule has 1 N–H and O–H groups in total. The zero-order chi connectivity index (χ0) is 15.5. The highest BCUT2D eigenvalue weighted by atomic mass is 15.5. The van der Waals surface area contributed by atoms with Crippen LogP contribution in [0, 0.1) is 11.8 Å². The molecule has 0 aromatic carbocycles. The molecule has 126 valence electrons. The minimum atomic E-state index is 0.674. The lowest BCUT2D eigenvalue weighted by Gasteiger charge is -2.22. The van der Waals surface area contributed by atoms with Crippen LogP contribution >= 0.6 is 0 Å². The van der Waals surface area contributed by atoms with Crippen LogP contribution in [0.2, 0.25) is 0 Å². The normalized spacial score (nSPS) is 29.4. The number of rotatable bonds is 6. The molecule has 3 rings (SSSR count). The van der Waals surface area contributed by atoms with Gasteiger partial charge in [-0.15, -0.1) is 0 Å². The number of fused-ring (bicyclic) bond motifs is 1. The first-order chi connectivity index (χ1) is 10.6. The van der Waals surface area contributed by atoms with E-state index in [0.717, 1.165) is 24.4 Å². The van der Waals surface area contributed by atoms with Crippen LogP contribution in [0.15, 0.2) is 0 Å². The fraction of sp³-hybridized carbons (Fsp3) is 0.947. The van der Waals surface area contributed by atoms with Gasteiger partial charge in [0.15, 0.2) is 0 Å². The fourth-order valence-corrected chi connectivity index (χ4v) is 4.75. The van der Waals surface area contributed by atoms with Crippen molar-refractivity contribution in [3.8, 4) is 0 Å². The largest absolute Gasteiger partial charge is 0.349 e. The molecule has 3 heteroatoms. The molecule has 2 aliphatic heterocycles. The maximum atomic E-state index is 3.68. The molecule has 0 bridgehead atoms. The van der Waals surface area contributed by atoms with Crippen LogP contribution in [0.4, 0.5) is 0 Å². The number of guanidine groups is 1. The predicted molar refractivity (Wildman–Crippen MR) is 93.4 cm³/mol. The van der Waals surface area contributed by atoms with Crippen molar-refractivity contribution < 1.29 is 4.58 Å². The number of hydrogen-bond donors (Lipinski definition) is 1. The van der Waals surface area contributed by atoms with E-state index in [0.29, 0.717) is 6.04 Å². The van der Waals surface area contributed by atoms with Gasteiger partial charge in [-0.3, -0.25) is 14.8 Å². The molecular formula is C19H36N3+. The van der Waals surface area contributed by atoms with E-state index < -0.39 is 0 Å². The Kier molecular flexibility index (Phi) is 5.30. The number of hydrogen-bond acceptors (Lipinski definition) is 2. The molecule has 3 aliphatic rings. The Morgan fingerprint density at radius 1 is 1.23 bits per heavy atom. The topological polar surface area (TPSA) is 18.3 Å². The van der Waals surface area contributed by atoms with Gasteiger partial charge in [0.2, 0.25) is 0 Å². The molecule has 0 radical (unpaired) electrons. The fourth-order valence-electron chi connectivity index (χ4n) is 4.75. The van der Waals surface area contributed by atoms with E-state index in [1.54, 1.807) is 0 Å². The van der Waals surface area contributed by atoms with E-state index >= 15 is 0 Å². The lowest BCUT2D eigenvalue weighted by Crippen LogP contribution is -2.34. The third kappa shape index (κ3) is 3.60. The molecule has 0 aromatic rings. The summed E-state index contributed by atoms with van der Waals surface area (Å²) < 4.78 is 2.71. The van der Waals surface area contributed by atoms with Gasteiger partial charge in [0.05, 0.1) is 13.1 Å². The third-order valence-electron chi connectivity index (χ3n) is 5.96. The van der Waals surface area contributed by atoms with Crippen LogP contribution in [0.5, 0.6) is 0 Å². The summed E-state index contributed by atoms with van der Waals surface area (Å²) in [5.74, 6) is 3.26. The highest BCUT2D eigenvalue weighted by Crippen LogP contribution is 2.28. The van der Waals surface area contributed by atoms with E-state index in [2.05, 4.69) is 35.6 Å². The van der Waals surface area contributed by atoms with E-state index in [1.165, 1.54) is 70.4 Å². The van der Waals surface area contributed by atoms with Crippen LogP contribution in [-0.4, -0.2) is 47.2 Å². The zero-order valence-corrected chi connectivity index (χ0v) is 15.0. The standard InChI is InChI=1S/C19H35N3/c1-15(2)12-18-14-22-16(3)13-20-19(22)21(18)11-7-10-17-8-5-4-6-9-17/h15-18H,4-14H2,1-3H3/p+1/t16-,18+/m0/s1. The highest BCUT2D eigenvalue weighted by molar-refractivity contribution is 5.78. The Balaban J connectivity index is 1.57. The molecule has 22 heavy (non-hydrogen) atoms. The van der Waals surface area contributed by atoms with Gasteiger partial charge in [-0.05, 0) is 38.0 Å². The van der Waals surface area contributed by atoms with Crippen LogP contribution in [-0.2, 0) is 0 Å². The molecule has 1 aliphatic carbocycles. The maximum Gasteiger partial charge on any atom is 0.349 e. The van der Waals surface area contributed by atoms with Gasteiger partial charge >= 0.3 is 5.96 Å². The van der Waals surface area contributed by atoms with Crippen LogP contribution in [0.25, 0.3) is 0 Å². The van der Waals surface area contributed by atoms with Gasteiger partial charge in [-0.25, -0.2) is 0 Å². The highest BCUT2D eigenvalue weighted by Gasteiger charge is 2.44. The Morgan fingerprint density at radius 2 is 2.00 bits per heavy atom. The first-order valence-corrected chi connectivity index (χ1v) is 9.79. The minimum absolute atomic E-state index is 0.674. The minimum Gasteiger partial charge on any atom is -0.274 e. The van der Waals surface area contributed by atoms with Gasteiger partial charge < -0.3 is 0 Å². The summed E-state index contributed by atoms with van der Waals surface area (Å²) in [6, 6.07) is 1.41. The van der Waals surface area contributed by atoms with Crippen molar-refractivity contribution in [2.75, 3.05) is 19.6 Å². The SMILES string of the molecule is CC(C)C[C@@H]1CN2C(=[N+]1CCCC1CCCCC1)NC[C@@H]2C. The molecule has 2 heterocycles. The van der Waals surface area contributed by atoms with Crippen LogP contribution in [0.1, 0.15) is 72.1 Å². The zero-order valence-electron chi connectivity index (χ0n) is 15.0. The second-order valence-corrected chi connectivity index (χ2v) is 8.33. The summed E-state index contributed by atoms with van der Waals surface area (Å²) in [4.78, 5) is 2.62. The Morgan fingerprint density at radius 3 is 2.73 bits per heavy atom. The average Bonchev–Trinajstić information content (AvgIpc) is 3.01. The lowest BCUT2D eigenvalue weighted by atomic mass is 9.86. The Labute approximate surface area is 137 Å². The molecule has 0 aromatic heterocycles. The third-order valence-corrected chi connectivity index (χ3v) is 5.96.